The Morgan fingerprint density at radius 2 is 1.07 bits per heavy atom. The Labute approximate surface area is 488 Å². The first kappa shape index (κ1) is 74.7. The number of primary amides is 1. The fraction of sp³-hybridized carbons (Fsp3) is 0.750. The van der Waals surface area contributed by atoms with E-state index >= 15 is 0 Å². The average molecular weight is 1200 g/mol. The number of aliphatic hydroxyl groups excluding tert-OH is 2. The van der Waals surface area contributed by atoms with Crippen molar-refractivity contribution in [3.8, 4) is 0 Å². The molecule has 0 saturated carbocycles. The van der Waals surface area contributed by atoms with E-state index < -0.39 is 161 Å². The van der Waals surface area contributed by atoms with Crippen LogP contribution < -0.4 is 48.3 Å². The van der Waals surface area contributed by atoms with E-state index in [0.717, 1.165) is 49.2 Å². The summed E-state index contributed by atoms with van der Waals surface area (Å²) >= 11 is 0. The van der Waals surface area contributed by atoms with Crippen LogP contribution in [0.15, 0.2) is 0 Å². The van der Waals surface area contributed by atoms with Crippen LogP contribution in [0.1, 0.15) is 142 Å². The number of aliphatic hydroxyl groups is 2. The predicted octanol–water partition coefficient (Wildman–Crippen LogP) is -3.49. The highest BCUT2D eigenvalue weighted by atomic mass is 16.5. The van der Waals surface area contributed by atoms with Gasteiger partial charge in [0.2, 0.25) is 53.2 Å². The molecule has 1 heterocycles. The SMILES string of the molecule is CCCC[C@H](NC(=O)[C@H](CNC(=O)CN(CC(=O)O)CC(=O)O)NC(=O)[C@H](CO)NC(=O)[C@H](CCC(N)=O)NC(=O)[C@H](CO)NC(=O)CNC(=O)COCCOCCNC(=O)CCCCCCCCCCCCCCCc1nn[nH]n1)C(C)=O. The summed E-state index contributed by atoms with van der Waals surface area (Å²) in [6.07, 6.45) is 16.7. The van der Waals surface area contributed by atoms with Gasteiger partial charge < -0.3 is 78.2 Å². The van der Waals surface area contributed by atoms with E-state index in [0.29, 0.717) is 25.8 Å². The maximum atomic E-state index is 13.5. The molecule has 9 amide bonds. The van der Waals surface area contributed by atoms with Gasteiger partial charge in [0.25, 0.3) is 0 Å². The number of nitrogens with zero attached hydrogens (tertiary/aromatic N) is 4. The summed E-state index contributed by atoms with van der Waals surface area (Å²) in [5, 5.41) is 70.9. The molecule has 0 aromatic carbocycles. The highest BCUT2D eigenvalue weighted by molar-refractivity contribution is 5.97. The number of carboxylic acids is 2. The van der Waals surface area contributed by atoms with E-state index in [1.54, 1.807) is 0 Å². The normalized spacial score (nSPS) is 12.8. The van der Waals surface area contributed by atoms with E-state index in [1.165, 1.54) is 58.3 Å². The van der Waals surface area contributed by atoms with Crippen LogP contribution in [-0.4, -0.2) is 226 Å². The lowest BCUT2D eigenvalue weighted by atomic mass is 10.0. The Kier molecular flexibility index (Phi) is 41.0. The van der Waals surface area contributed by atoms with Crippen molar-refractivity contribution in [1.29, 1.82) is 0 Å². The van der Waals surface area contributed by atoms with Gasteiger partial charge in [-0.3, -0.25) is 62.4 Å². The van der Waals surface area contributed by atoms with Crippen LogP contribution in [0.3, 0.4) is 0 Å². The van der Waals surface area contributed by atoms with Crippen molar-refractivity contribution in [2.24, 2.45) is 5.73 Å². The minimum atomic E-state index is -1.90. The first-order valence-corrected chi connectivity index (χ1v) is 28.5. The number of ether oxygens (including phenoxy) is 2. The van der Waals surface area contributed by atoms with Crippen molar-refractivity contribution >= 4 is 70.9 Å². The van der Waals surface area contributed by atoms with Crippen molar-refractivity contribution in [1.82, 2.24) is 68.1 Å². The van der Waals surface area contributed by atoms with Gasteiger partial charge in [0.15, 0.2) is 11.6 Å². The van der Waals surface area contributed by atoms with Crippen LogP contribution in [0.25, 0.3) is 0 Å². The molecule has 0 aliphatic rings. The number of hydrogen-bond acceptors (Lipinski definition) is 20. The summed E-state index contributed by atoms with van der Waals surface area (Å²) in [5.41, 5.74) is 5.27. The maximum Gasteiger partial charge on any atom is 0.317 e. The number of H-pyrrole nitrogens is 1. The molecule has 0 spiro atoms. The molecular formula is C52H90N14O18. The number of aromatic nitrogens is 4. The van der Waals surface area contributed by atoms with Gasteiger partial charge in [-0.25, -0.2) is 0 Å². The molecule has 0 saturated heterocycles. The minimum Gasteiger partial charge on any atom is -0.480 e. The highest BCUT2D eigenvalue weighted by Gasteiger charge is 2.33. The van der Waals surface area contributed by atoms with Gasteiger partial charge in [-0.15, -0.1) is 10.2 Å². The van der Waals surface area contributed by atoms with E-state index in [9.17, 15) is 67.7 Å². The lowest BCUT2D eigenvalue weighted by Gasteiger charge is -2.26. The minimum absolute atomic E-state index is 0.00867. The lowest BCUT2D eigenvalue weighted by Crippen LogP contribution is -2.61. The summed E-state index contributed by atoms with van der Waals surface area (Å²) in [6.45, 7) is -2.83. The van der Waals surface area contributed by atoms with Crippen molar-refractivity contribution in [2.75, 3.05) is 78.9 Å². The zero-order valence-electron chi connectivity index (χ0n) is 48.4. The van der Waals surface area contributed by atoms with Crippen molar-refractivity contribution < 1.29 is 87.4 Å². The zero-order chi connectivity index (χ0) is 62.5. The molecule has 1 rings (SSSR count). The average Bonchev–Trinajstić information content (AvgIpc) is 4.07. The zero-order valence-corrected chi connectivity index (χ0v) is 48.4. The molecule has 0 bridgehead atoms. The third-order valence-electron chi connectivity index (χ3n) is 12.7. The first-order chi connectivity index (χ1) is 40.2. The second kappa shape index (κ2) is 46.1. The number of ketones is 1. The van der Waals surface area contributed by atoms with Crippen LogP contribution in [0.2, 0.25) is 0 Å². The Hall–Kier alpha value is -7.29. The Balaban J connectivity index is 2.55. The van der Waals surface area contributed by atoms with Crippen LogP contribution in [0.4, 0.5) is 0 Å². The van der Waals surface area contributed by atoms with E-state index in [1.807, 2.05) is 6.92 Å². The van der Waals surface area contributed by atoms with Gasteiger partial charge in [-0.1, -0.05) is 95.6 Å². The molecule has 15 N–H and O–H groups in total. The third kappa shape index (κ3) is 37.7. The molecule has 5 atom stereocenters. The summed E-state index contributed by atoms with van der Waals surface area (Å²) in [7, 11) is 0. The Morgan fingerprint density at radius 1 is 0.548 bits per heavy atom. The number of aryl methyl sites for hydroxylation is 1. The summed E-state index contributed by atoms with van der Waals surface area (Å²) < 4.78 is 10.7. The second-order valence-electron chi connectivity index (χ2n) is 19.9. The smallest absolute Gasteiger partial charge is 0.317 e. The fourth-order valence-corrected chi connectivity index (χ4v) is 8.07. The number of carbonyl (C=O) groups excluding carboxylic acids is 10. The molecule has 0 aliphatic carbocycles. The topological polar surface area (TPSA) is 484 Å². The van der Waals surface area contributed by atoms with Crippen LogP contribution in [0, 0.1) is 0 Å². The van der Waals surface area contributed by atoms with Gasteiger partial charge in [0.1, 0.15) is 30.8 Å². The molecule has 0 fully saturated rings. The molecular weight excluding hydrogens is 1110 g/mol. The number of hydrogen-bond donors (Lipinski definition) is 14. The standard InChI is InChI=1S/C52H90N14O18/c1-3-4-18-36(35(2)69)58-50(80)38(27-55-45(73)29-66(30-47(75)76)31-48(77)78)60-52(82)40(33-68)61-49(79)37(21-22-41(53)70)59-51(81)39(32-67)57-44(72)28-56-46(74)34-84-26-25-83-24-23-54-43(71)20-17-15-13-11-9-7-5-6-8-10-12-14-16-19-42-62-64-65-63-42/h36-40,67-68H,3-34H2,1-2H3,(H2,53,70)(H,54,71)(H,55,73)(H,56,74)(H,57,72)(H,58,80)(H,59,81)(H,60,82)(H,61,79)(H,75,76)(H,77,78)(H,62,63,64,65)/t36-,37-,38-,39-,40-/m0/s1. The van der Waals surface area contributed by atoms with Crippen molar-refractivity contribution in [3.05, 3.63) is 5.82 Å². The van der Waals surface area contributed by atoms with E-state index in [2.05, 4.69) is 63.2 Å². The molecule has 32 heteroatoms. The fourth-order valence-electron chi connectivity index (χ4n) is 8.07. The van der Waals surface area contributed by atoms with Crippen molar-refractivity contribution in [3.63, 3.8) is 0 Å². The maximum absolute atomic E-state index is 13.5. The molecule has 84 heavy (non-hydrogen) atoms. The number of carboxylic acid groups (broad SMARTS) is 2. The Morgan fingerprint density at radius 3 is 1.62 bits per heavy atom. The summed E-state index contributed by atoms with van der Waals surface area (Å²) in [5.74, 6) is -10.8. The third-order valence-corrected chi connectivity index (χ3v) is 12.7. The predicted molar refractivity (Wildman–Crippen MR) is 297 cm³/mol. The van der Waals surface area contributed by atoms with Gasteiger partial charge in [-0.2, -0.15) is 5.21 Å². The van der Waals surface area contributed by atoms with Crippen LogP contribution in [-0.2, 0) is 73.4 Å². The van der Waals surface area contributed by atoms with Crippen LogP contribution in [0.5, 0.6) is 0 Å². The van der Waals surface area contributed by atoms with Gasteiger partial charge in [0, 0.05) is 32.4 Å². The highest BCUT2D eigenvalue weighted by Crippen LogP contribution is 2.14. The largest absolute Gasteiger partial charge is 0.480 e. The van der Waals surface area contributed by atoms with Gasteiger partial charge in [0.05, 0.1) is 65.3 Å². The number of nitrogens with one attached hydrogen (secondary N) is 9. The number of carbonyl (C=O) groups is 12. The molecule has 1 aromatic heterocycles. The number of aliphatic carboxylic acids is 2. The molecule has 0 unspecified atom stereocenters. The number of amides is 9. The van der Waals surface area contributed by atoms with Gasteiger partial charge >= 0.3 is 11.9 Å². The number of aromatic amines is 1. The van der Waals surface area contributed by atoms with E-state index in [4.69, 9.17) is 25.4 Å². The number of tetrazole rings is 1. The number of unbranched alkanes of at least 4 members (excludes halogenated alkanes) is 13. The summed E-state index contributed by atoms with van der Waals surface area (Å²) in [6, 6.07) is -8.11. The Bertz CT molecular complexity index is 2160. The molecule has 1 aromatic rings. The van der Waals surface area contributed by atoms with Gasteiger partial charge in [-0.05, 0) is 32.6 Å². The van der Waals surface area contributed by atoms with Crippen LogP contribution >= 0.6 is 0 Å². The van der Waals surface area contributed by atoms with E-state index in [-0.39, 0.29) is 32.1 Å². The first-order valence-electron chi connectivity index (χ1n) is 28.5. The molecule has 32 nitrogen and oxygen atoms in total. The quantitative estimate of drug-likeness (QED) is 0.0282. The second-order valence-corrected chi connectivity index (χ2v) is 19.9. The summed E-state index contributed by atoms with van der Waals surface area (Å²) in [4.78, 5) is 151. The molecule has 476 valence electrons. The molecule has 0 radical (unpaired) electrons. The number of Topliss-reactive ketones (excluding diaryl/α,β-unsaturated/α-hetero) is 1. The lowest BCUT2D eigenvalue weighted by molar-refractivity contribution is -0.142. The number of nitrogens with two attached hydrogens (primary N) is 1. The molecule has 0 aliphatic heterocycles. The monoisotopic (exact) mass is 1200 g/mol. The number of rotatable bonds is 52. The van der Waals surface area contributed by atoms with Crippen molar-refractivity contribution in [2.45, 2.75) is 172 Å².